The lowest BCUT2D eigenvalue weighted by molar-refractivity contribution is -0.132. The third-order valence-electron chi connectivity index (χ3n) is 3.84. The zero-order valence-corrected chi connectivity index (χ0v) is 12.8. The number of benzene rings is 1. The van der Waals surface area contributed by atoms with Crippen molar-refractivity contribution in [1.29, 1.82) is 0 Å². The monoisotopic (exact) mass is 290 g/mol. The van der Waals surface area contributed by atoms with E-state index in [0.29, 0.717) is 19.2 Å². The van der Waals surface area contributed by atoms with Crippen molar-refractivity contribution in [1.82, 2.24) is 0 Å². The molecule has 1 aliphatic carbocycles. The van der Waals surface area contributed by atoms with Crippen molar-refractivity contribution in [2.75, 3.05) is 30.5 Å². The highest BCUT2D eigenvalue weighted by atomic mass is 16.5. The number of nitrogens with zero attached hydrogens (tertiary/aromatic N) is 1. The summed E-state index contributed by atoms with van der Waals surface area (Å²) in [6.45, 7) is 4.63. The van der Waals surface area contributed by atoms with Crippen LogP contribution in [-0.2, 0) is 9.53 Å². The fourth-order valence-electron chi connectivity index (χ4n) is 2.53. The number of carbonyl (C=O) groups excluding carboxylic acids is 1. The molecule has 1 N–H and O–H groups in total. The Balaban J connectivity index is 1.92. The maximum atomic E-state index is 12.6. The number of hydrogen-bond acceptors (Lipinski definition) is 4. The van der Waals surface area contributed by atoms with Gasteiger partial charge in [-0.3, -0.25) is 4.79 Å². The first kappa shape index (κ1) is 14.2. The molecule has 1 aromatic rings. The Hall–Kier alpha value is -1.75. The van der Waals surface area contributed by atoms with Gasteiger partial charge in [-0.15, -0.1) is 0 Å². The number of carbonyl (C=O) groups is 1. The van der Waals surface area contributed by atoms with Gasteiger partial charge in [-0.1, -0.05) is 0 Å². The highest BCUT2D eigenvalue weighted by Crippen LogP contribution is 2.40. The molecule has 2 aliphatic rings. The highest BCUT2D eigenvalue weighted by Gasteiger charge is 2.40. The Labute approximate surface area is 125 Å². The Morgan fingerprint density at radius 2 is 2.19 bits per heavy atom. The van der Waals surface area contributed by atoms with Crippen molar-refractivity contribution in [3.8, 4) is 5.75 Å². The minimum absolute atomic E-state index is 0.0318. The lowest BCUT2D eigenvalue weighted by atomic mass is 10.0. The maximum Gasteiger partial charge on any atom is 0.270 e. The summed E-state index contributed by atoms with van der Waals surface area (Å²) in [6, 6.07) is 6.52. The molecule has 0 aromatic heterocycles. The first-order valence-corrected chi connectivity index (χ1v) is 7.42. The molecule has 5 heteroatoms. The Bertz CT molecular complexity index is 552. The van der Waals surface area contributed by atoms with E-state index in [-0.39, 0.29) is 5.91 Å². The van der Waals surface area contributed by atoms with E-state index in [1.807, 2.05) is 18.2 Å². The average Bonchev–Trinajstić information content (AvgIpc) is 3.24. The van der Waals surface area contributed by atoms with Crippen molar-refractivity contribution in [2.45, 2.75) is 38.3 Å². The van der Waals surface area contributed by atoms with Gasteiger partial charge in [0, 0.05) is 25.4 Å². The Morgan fingerprint density at radius 1 is 1.43 bits per heavy atom. The van der Waals surface area contributed by atoms with E-state index in [2.05, 4.69) is 5.32 Å². The second-order valence-corrected chi connectivity index (χ2v) is 6.16. The molecule has 0 bridgehead atoms. The Morgan fingerprint density at radius 3 is 2.86 bits per heavy atom. The molecule has 1 saturated carbocycles. The summed E-state index contributed by atoms with van der Waals surface area (Å²) < 4.78 is 11.0. The van der Waals surface area contributed by atoms with Crippen molar-refractivity contribution < 1.29 is 14.3 Å². The van der Waals surface area contributed by atoms with Crippen LogP contribution in [0, 0.1) is 0 Å². The molecule has 1 amide bonds. The summed E-state index contributed by atoms with van der Waals surface area (Å²) in [5.41, 5.74) is 1.02. The predicted molar refractivity (Wildman–Crippen MR) is 82.0 cm³/mol. The van der Waals surface area contributed by atoms with Crippen LogP contribution < -0.4 is 15.0 Å². The number of nitrogens with one attached hydrogen (secondary N) is 1. The quantitative estimate of drug-likeness (QED) is 0.905. The zero-order chi connectivity index (χ0) is 15.0. The van der Waals surface area contributed by atoms with E-state index >= 15 is 0 Å². The van der Waals surface area contributed by atoms with Gasteiger partial charge in [0.15, 0.2) is 5.60 Å². The molecular weight excluding hydrogens is 268 g/mol. The SMILES string of the molecule is COCCN1C(=O)C(C)(C)Oc2ccc(NC3CC3)cc21. The van der Waals surface area contributed by atoms with Gasteiger partial charge < -0.3 is 19.7 Å². The molecule has 1 aliphatic heterocycles. The maximum absolute atomic E-state index is 12.6. The number of anilines is 2. The largest absolute Gasteiger partial charge is 0.476 e. The van der Waals surface area contributed by atoms with Crippen LogP contribution in [0.15, 0.2) is 18.2 Å². The van der Waals surface area contributed by atoms with E-state index in [9.17, 15) is 4.79 Å². The molecule has 0 spiro atoms. The predicted octanol–water partition coefficient (Wildman–Crippen LogP) is 2.41. The van der Waals surface area contributed by atoms with Crippen molar-refractivity contribution in [2.24, 2.45) is 0 Å². The van der Waals surface area contributed by atoms with Gasteiger partial charge in [0.1, 0.15) is 5.75 Å². The van der Waals surface area contributed by atoms with Gasteiger partial charge in [0.25, 0.3) is 5.91 Å². The lowest BCUT2D eigenvalue weighted by Gasteiger charge is -2.39. The molecule has 0 unspecified atom stereocenters. The van der Waals surface area contributed by atoms with Crippen molar-refractivity contribution >= 4 is 17.3 Å². The van der Waals surface area contributed by atoms with E-state index in [1.165, 1.54) is 12.8 Å². The minimum Gasteiger partial charge on any atom is -0.476 e. The van der Waals surface area contributed by atoms with Crippen LogP contribution in [0.1, 0.15) is 26.7 Å². The van der Waals surface area contributed by atoms with Crippen LogP contribution in [0.25, 0.3) is 0 Å². The van der Waals surface area contributed by atoms with E-state index < -0.39 is 5.60 Å². The normalized spacial score (nSPS) is 20.0. The lowest BCUT2D eigenvalue weighted by Crippen LogP contribution is -2.53. The van der Waals surface area contributed by atoms with Crippen LogP contribution >= 0.6 is 0 Å². The van der Waals surface area contributed by atoms with Crippen LogP contribution in [-0.4, -0.2) is 37.8 Å². The smallest absolute Gasteiger partial charge is 0.270 e. The summed E-state index contributed by atoms with van der Waals surface area (Å²) in [5, 5.41) is 3.45. The van der Waals surface area contributed by atoms with Crippen LogP contribution in [0.4, 0.5) is 11.4 Å². The molecule has 1 heterocycles. The van der Waals surface area contributed by atoms with Gasteiger partial charge in [-0.2, -0.15) is 0 Å². The van der Waals surface area contributed by atoms with E-state index in [0.717, 1.165) is 17.1 Å². The molecule has 21 heavy (non-hydrogen) atoms. The van der Waals surface area contributed by atoms with Gasteiger partial charge in [-0.25, -0.2) is 0 Å². The molecule has 3 rings (SSSR count). The van der Waals surface area contributed by atoms with E-state index in [1.54, 1.807) is 25.9 Å². The minimum atomic E-state index is -0.841. The summed E-state index contributed by atoms with van der Waals surface area (Å²) in [5.74, 6) is 0.715. The first-order valence-electron chi connectivity index (χ1n) is 7.42. The fraction of sp³-hybridized carbons (Fsp3) is 0.562. The van der Waals surface area contributed by atoms with Gasteiger partial charge in [0.2, 0.25) is 0 Å². The number of methoxy groups -OCH3 is 1. The standard InChI is InChI=1S/C16H22N2O3/c1-16(2)15(19)18(8-9-20-3)13-10-12(17-11-4-5-11)6-7-14(13)21-16/h6-7,10-11,17H,4-5,8-9H2,1-3H3. The summed E-state index contributed by atoms with van der Waals surface area (Å²) in [6.07, 6.45) is 2.43. The van der Waals surface area contributed by atoms with Crippen LogP contribution in [0.2, 0.25) is 0 Å². The zero-order valence-electron chi connectivity index (χ0n) is 12.8. The van der Waals surface area contributed by atoms with Gasteiger partial charge in [-0.05, 0) is 44.9 Å². The second kappa shape index (κ2) is 5.22. The second-order valence-electron chi connectivity index (χ2n) is 6.16. The third-order valence-corrected chi connectivity index (χ3v) is 3.84. The van der Waals surface area contributed by atoms with Crippen molar-refractivity contribution in [3.63, 3.8) is 0 Å². The number of hydrogen-bond donors (Lipinski definition) is 1. The van der Waals surface area contributed by atoms with Crippen LogP contribution in [0.5, 0.6) is 5.75 Å². The number of amides is 1. The molecule has 114 valence electrons. The molecule has 1 fully saturated rings. The molecule has 1 aromatic carbocycles. The number of ether oxygens (including phenoxy) is 2. The first-order chi connectivity index (χ1) is 10.0. The number of fused-ring (bicyclic) bond motifs is 1. The summed E-state index contributed by atoms with van der Waals surface area (Å²) >= 11 is 0. The topological polar surface area (TPSA) is 50.8 Å². The number of rotatable bonds is 5. The summed E-state index contributed by atoms with van der Waals surface area (Å²) in [4.78, 5) is 14.4. The van der Waals surface area contributed by atoms with Crippen LogP contribution in [0.3, 0.4) is 0 Å². The third kappa shape index (κ3) is 2.83. The summed E-state index contributed by atoms with van der Waals surface area (Å²) in [7, 11) is 1.64. The molecule has 0 atom stereocenters. The van der Waals surface area contributed by atoms with E-state index in [4.69, 9.17) is 9.47 Å². The Kier molecular flexibility index (Phi) is 3.53. The highest BCUT2D eigenvalue weighted by molar-refractivity contribution is 6.02. The van der Waals surface area contributed by atoms with Gasteiger partial charge >= 0.3 is 0 Å². The molecule has 0 saturated heterocycles. The molecular formula is C16H22N2O3. The van der Waals surface area contributed by atoms with Crippen molar-refractivity contribution in [3.05, 3.63) is 18.2 Å². The fourth-order valence-corrected chi connectivity index (χ4v) is 2.53. The van der Waals surface area contributed by atoms with Gasteiger partial charge in [0.05, 0.1) is 12.3 Å². The molecule has 5 nitrogen and oxygen atoms in total. The molecule has 0 radical (unpaired) electrons. The average molecular weight is 290 g/mol.